The van der Waals surface area contributed by atoms with Crippen LogP contribution in [0.4, 0.5) is 0 Å². The van der Waals surface area contributed by atoms with Crippen LogP contribution in [-0.2, 0) is 4.84 Å². The zero-order valence-electron chi connectivity index (χ0n) is 13.2. The first-order chi connectivity index (χ1) is 9.74. The first-order valence-corrected chi connectivity index (χ1v) is 8.51. The third-order valence-corrected chi connectivity index (χ3v) is 4.20. The Labute approximate surface area is 123 Å². The van der Waals surface area contributed by atoms with Crippen LogP contribution in [0.3, 0.4) is 0 Å². The van der Waals surface area contributed by atoms with E-state index in [1.54, 1.807) is 0 Å². The average Bonchev–Trinajstić information content (AvgIpc) is 2.47. The molecule has 4 heteroatoms. The molecule has 2 N–H and O–H groups in total. The number of aliphatic imine (C=N–C) groups is 1. The summed E-state index contributed by atoms with van der Waals surface area (Å²) in [5.41, 5.74) is 3.03. The summed E-state index contributed by atoms with van der Waals surface area (Å²) in [6.45, 7) is 4.16. The van der Waals surface area contributed by atoms with Crippen LogP contribution in [0.2, 0.25) is 0 Å². The molecule has 0 heterocycles. The Bertz CT molecular complexity index is 292. The average molecular weight is 281 g/mol. The molecule has 0 aliphatic heterocycles. The van der Waals surface area contributed by atoms with Crippen molar-refractivity contribution in [1.82, 2.24) is 10.8 Å². The highest BCUT2D eigenvalue weighted by atomic mass is 16.7. The van der Waals surface area contributed by atoms with Crippen LogP contribution in [0.5, 0.6) is 0 Å². The van der Waals surface area contributed by atoms with Crippen LogP contribution in [-0.4, -0.2) is 24.1 Å². The zero-order valence-corrected chi connectivity index (χ0v) is 13.2. The summed E-state index contributed by atoms with van der Waals surface area (Å²) in [7, 11) is 0. The maximum Gasteiger partial charge on any atom is 0.305 e. The van der Waals surface area contributed by atoms with Crippen molar-refractivity contribution in [2.75, 3.05) is 0 Å². The summed E-state index contributed by atoms with van der Waals surface area (Å²) in [5.74, 6) is 0. The Kier molecular flexibility index (Phi) is 6.64. The van der Waals surface area contributed by atoms with Crippen LogP contribution >= 0.6 is 0 Å². The molecule has 0 amide bonds. The summed E-state index contributed by atoms with van der Waals surface area (Å²) in [4.78, 5) is 10.5. The Hall–Kier alpha value is -0.770. The molecule has 2 saturated carbocycles. The minimum atomic E-state index is 0.305. The number of hydroxylamine groups is 1. The lowest BCUT2D eigenvalue weighted by molar-refractivity contribution is 0.139. The molecule has 0 radical (unpaired) electrons. The summed E-state index contributed by atoms with van der Waals surface area (Å²) < 4.78 is 0. The Morgan fingerprint density at radius 2 is 1.55 bits per heavy atom. The molecular formula is C16H31N3O. The standard InChI is InChI=1S/C16H31N3O/c1-13(2)19-20-16(17-14-9-5-3-6-10-14)18-15-11-7-4-8-12-15/h13-15,19H,3-12H2,1-2H3,(H,17,18). The Balaban J connectivity index is 1.89. The minimum absolute atomic E-state index is 0.305. The van der Waals surface area contributed by atoms with Gasteiger partial charge in [-0.1, -0.05) is 38.5 Å². The van der Waals surface area contributed by atoms with E-state index in [1.807, 2.05) is 0 Å². The molecule has 0 aromatic heterocycles. The van der Waals surface area contributed by atoms with Gasteiger partial charge in [0, 0.05) is 12.1 Å². The molecule has 0 aromatic rings. The number of nitrogens with zero attached hydrogens (tertiary/aromatic N) is 1. The number of amidine groups is 1. The topological polar surface area (TPSA) is 45.6 Å². The van der Waals surface area contributed by atoms with Gasteiger partial charge in [-0.25, -0.2) is 4.99 Å². The first kappa shape index (κ1) is 15.6. The van der Waals surface area contributed by atoms with Crippen molar-refractivity contribution in [2.45, 2.75) is 96.2 Å². The van der Waals surface area contributed by atoms with Crippen molar-refractivity contribution in [3.05, 3.63) is 0 Å². The fourth-order valence-corrected chi connectivity index (χ4v) is 3.06. The van der Waals surface area contributed by atoms with Crippen LogP contribution in [0.15, 0.2) is 4.99 Å². The van der Waals surface area contributed by atoms with E-state index in [0.29, 0.717) is 18.1 Å². The predicted molar refractivity (Wildman–Crippen MR) is 83.7 cm³/mol. The Morgan fingerprint density at radius 3 is 2.15 bits per heavy atom. The van der Waals surface area contributed by atoms with Crippen molar-refractivity contribution < 1.29 is 4.84 Å². The lowest BCUT2D eigenvalue weighted by atomic mass is 9.95. The highest BCUT2D eigenvalue weighted by molar-refractivity contribution is 5.73. The van der Waals surface area contributed by atoms with Gasteiger partial charge in [0.25, 0.3) is 0 Å². The van der Waals surface area contributed by atoms with Crippen molar-refractivity contribution in [2.24, 2.45) is 4.99 Å². The van der Waals surface area contributed by atoms with Gasteiger partial charge in [0.05, 0.1) is 6.04 Å². The van der Waals surface area contributed by atoms with Gasteiger partial charge in [-0.05, 0) is 39.5 Å². The van der Waals surface area contributed by atoms with E-state index >= 15 is 0 Å². The maximum atomic E-state index is 5.70. The van der Waals surface area contributed by atoms with E-state index in [2.05, 4.69) is 24.6 Å². The molecule has 2 aliphatic carbocycles. The predicted octanol–water partition coefficient (Wildman–Crippen LogP) is 3.53. The molecule has 0 spiro atoms. The molecule has 116 valence electrons. The van der Waals surface area contributed by atoms with Crippen LogP contribution in [0.1, 0.15) is 78.1 Å². The van der Waals surface area contributed by atoms with Gasteiger partial charge in [0.2, 0.25) is 0 Å². The second-order valence-corrected chi connectivity index (χ2v) is 6.58. The second kappa shape index (κ2) is 8.50. The molecular weight excluding hydrogens is 250 g/mol. The maximum absolute atomic E-state index is 5.70. The largest absolute Gasteiger partial charge is 0.371 e. The molecule has 20 heavy (non-hydrogen) atoms. The molecule has 0 unspecified atom stereocenters. The summed E-state index contributed by atoms with van der Waals surface area (Å²) >= 11 is 0. The third-order valence-electron chi connectivity index (χ3n) is 4.20. The SMILES string of the molecule is CC(C)NOC(=NC1CCCCC1)NC1CCCCC1. The van der Waals surface area contributed by atoms with E-state index in [4.69, 9.17) is 9.83 Å². The van der Waals surface area contributed by atoms with Crippen molar-refractivity contribution >= 4 is 6.02 Å². The van der Waals surface area contributed by atoms with E-state index in [1.165, 1.54) is 64.2 Å². The molecule has 0 aromatic carbocycles. The lowest BCUT2D eigenvalue weighted by Gasteiger charge is -2.26. The minimum Gasteiger partial charge on any atom is -0.371 e. The van der Waals surface area contributed by atoms with Gasteiger partial charge in [0.15, 0.2) is 0 Å². The number of hydrogen-bond acceptors (Lipinski definition) is 3. The molecule has 4 nitrogen and oxygen atoms in total. The zero-order chi connectivity index (χ0) is 14.2. The molecule has 0 saturated heterocycles. The normalized spacial score (nSPS) is 23.1. The third kappa shape index (κ3) is 5.70. The van der Waals surface area contributed by atoms with Gasteiger partial charge in [-0.3, -0.25) is 0 Å². The van der Waals surface area contributed by atoms with Crippen LogP contribution in [0.25, 0.3) is 0 Å². The van der Waals surface area contributed by atoms with E-state index in [-0.39, 0.29) is 0 Å². The second-order valence-electron chi connectivity index (χ2n) is 6.58. The highest BCUT2D eigenvalue weighted by Gasteiger charge is 2.18. The lowest BCUT2D eigenvalue weighted by Crippen LogP contribution is -2.42. The molecule has 2 rings (SSSR count). The molecule has 2 fully saturated rings. The summed E-state index contributed by atoms with van der Waals surface area (Å²) in [6, 6.07) is 2.01. The fraction of sp³-hybridized carbons (Fsp3) is 0.938. The fourth-order valence-electron chi connectivity index (χ4n) is 3.06. The van der Waals surface area contributed by atoms with Gasteiger partial charge in [-0.15, -0.1) is 0 Å². The highest BCUT2D eigenvalue weighted by Crippen LogP contribution is 2.21. The number of hydrogen-bond donors (Lipinski definition) is 2. The van der Waals surface area contributed by atoms with Crippen LogP contribution < -0.4 is 10.8 Å². The molecule has 0 bridgehead atoms. The van der Waals surface area contributed by atoms with Crippen molar-refractivity contribution in [1.29, 1.82) is 0 Å². The van der Waals surface area contributed by atoms with Gasteiger partial charge in [0.1, 0.15) is 0 Å². The van der Waals surface area contributed by atoms with E-state index in [9.17, 15) is 0 Å². The number of rotatable bonds is 4. The van der Waals surface area contributed by atoms with Gasteiger partial charge in [-0.2, -0.15) is 5.48 Å². The summed E-state index contributed by atoms with van der Waals surface area (Å²) in [6.07, 6.45) is 12.9. The van der Waals surface area contributed by atoms with Crippen molar-refractivity contribution in [3.8, 4) is 0 Å². The Morgan fingerprint density at radius 1 is 0.950 bits per heavy atom. The van der Waals surface area contributed by atoms with Crippen molar-refractivity contribution in [3.63, 3.8) is 0 Å². The molecule has 0 atom stereocenters. The summed E-state index contributed by atoms with van der Waals surface area (Å²) in [5, 5.41) is 3.52. The van der Waals surface area contributed by atoms with E-state index in [0.717, 1.165) is 6.02 Å². The smallest absolute Gasteiger partial charge is 0.305 e. The van der Waals surface area contributed by atoms with Gasteiger partial charge >= 0.3 is 6.02 Å². The quantitative estimate of drug-likeness (QED) is 0.471. The van der Waals surface area contributed by atoms with Gasteiger partial charge < -0.3 is 10.2 Å². The molecule has 2 aliphatic rings. The monoisotopic (exact) mass is 281 g/mol. The van der Waals surface area contributed by atoms with E-state index < -0.39 is 0 Å². The first-order valence-electron chi connectivity index (χ1n) is 8.51. The number of nitrogens with one attached hydrogen (secondary N) is 2. The van der Waals surface area contributed by atoms with Crippen LogP contribution in [0, 0.1) is 0 Å².